The van der Waals surface area contributed by atoms with Crippen LogP contribution in [0.2, 0.25) is 0 Å². The van der Waals surface area contributed by atoms with Crippen molar-refractivity contribution in [2.24, 2.45) is 11.3 Å². The Balaban J connectivity index is 1.72. The molecule has 1 N–H and O–H groups in total. The van der Waals surface area contributed by atoms with Crippen molar-refractivity contribution in [2.45, 2.75) is 58.8 Å². The first kappa shape index (κ1) is 25.0. The lowest BCUT2D eigenvalue weighted by molar-refractivity contribution is -0.275. The Morgan fingerprint density at radius 3 is 2.11 bits per heavy atom. The monoisotopic (exact) mass is 501 g/mol. The van der Waals surface area contributed by atoms with Gasteiger partial charge in [0.15, 0.2) is 0 Å². The number of benzene rings is 2. The normalized spacial score (nSPS) is 20.6. The molecule has 0 saturated heterocycles. The van der Waals surface area contributed by atoms with Gasteiger partial charge in [0, 0.05) is 17.8 Å². The van der Waals surface area contributed by atoms with Crippen molar-refractivity contribution in [3.05, 3.63) is 42.5 Å². The van der Waals surface area contributed by atoms with Crippen LogP contribution < -0.4 is 14.8 Å². The van der Waals surface area contributed by atoms with Gasteiger partial charge in [0.25, 0.3) is 0 Å². The summed E-state index contributed by atoms with van der Waals surface area (Å²) in [5.41, 5.74) is 1.44. The molecule has 3 aromatic rings. The Kier molecular flexibility index (Phi) is 6.31. The van der Waals surface area contributed by atoms with Gasteiger partial charge in [0.05, 0.1) is 11.0 Å². The molecule has 1 saturated carbocycles. The summed E-state index contributed by atoms with van der Waals surface area (Å²) in [6.07, 6.45) is -6.91. The minimum atomic E-state index is -4.83. The molecule has 2 atom stereocenters. The number of rotatable bonds is 5. The molecule has 35 heavy (non-hydrogen) atoms. The van der Waals surface area contributed by atoms with Gasteiger partial charge in [-0.1, -0.05) is 20.8 Å². The Labute approximate surface area is 198 Å². The van der Waals surface area contributed by atoms with Gasteiger partial charge in [-0.3, -0.25) is 0 Å². The zero-order valence-corrected chi connectivity index (χ0v) is 19.3. The second kappa shape index (κ2) is 8.83. The Bertz CT molecular complexity index is 1180. The van der Waals surface area contributed by atoms with Crippen LogP contribution in [0.15, 0.2) is 42.5 Å². The van der Waals surface area contributed by atoms with Crippen molar-refractivity contribution < 1.29 is 35.8 Å². The summed E-state index contributed by atoms with van der Waals surface area (Å²) in [4.78, 5) is 4.52. The first-order valence-electron chi connectivity index (χ1n) is 11.1. The standard InChI is InChI=1S/C24H25F6N3O2/c1-14-10-16(13-22(2,3)12-14)33-20-9-8-18(35-24(28,29)30)11-19(20)32-21(33)31-15-4-6-17(7-5-15)34-23(25,26)27/h4-9,11,14,16H,10,12-13H2,1-3H3,(H,31,32). The third-order valence-corrected chi connectivity index (χ3v) is 5.97. The number of aromatic nitrogens is 2. The van der Waals surface area contributed by atoms with Gasteiger partial charge in [-0.2, -0.15) is 0 Å². The lowest BCUT2D eigenvalue weighted by Gasteiger charge is -2.40. The lowest BCUT2D eigenvalue weighted by Crippen LogP contribution is -2.29. The molecule has 4 rings (SSSR count). The second-order valence-corrected chi connectivity index (χ2v) is 9.77. The molecular formula is C24H25F6N3O2. The summed E-state index contributed by atoms with van der Waals surface area (Å²) in [6.45, 7) is 6.52. The summed E-state index contributed by atoms with van der Waals surface area (Å²) in [7, 11) is 0. The van der Waals surface area contributed by atoms with E-state index in [4.69, 9.17) is 0 Å². The zero-order valence-electron chi connectivity index (χ0n) is 19.3. The topological polar surface area (TPSA) is 48.3 Å². The van der Waals surface area contributed by atoms with Crippen LogP contribution in [-0.4, -0.2) is 22.3 Å². The van der Waals surface area contributed by atoms with Crippen LogP contribution in [0, 0.1) is 11.3 Å². The molecule has 190 valence electrons. The lowest BCUT2D eigenvalue weighted by atomic mass is 9.70. The molecule has 1 fully saturated rings. The number of halogens is 6. The van der Waals surface area contributed by atoms with Gasteiger partial charge in [-0.05, 0) is 67.0 Å². The summed E-state index contributed by atoms with van der Waals surface area (Å²) in [5, 5.41) is 3.11. The number of hydrogen-bond donors (Lipinski definition) is 1. The van der Waals surface area contributed by atoms with E-state index in [-0.39, 0.29) is 23.0 Å². The summed E-state index contributed by atoms with van der Waals surface area (Å²) in [5.74, 6) is 0.0461. The maximum Gasteiger partial charge on any atom is 0.573 e. The molecule has 0 bridgehead atoms. The van der Waals surface area contributed by atoms with E-state index in [9.17, 15) is 26.3 Å². The number of alkyl halides is 6. The van der Waals surface area contributed by atoms with E-state index < -0.39 is 12.7 Å². The van der Waals surface area contributed by atoms with Crippen LogP contribution in [0.25, 0.3) is 11.0 Å². The van der Waals surface area contributed by atoms with Gasteiger partial charge >= 0.3 is 12.7 Å². The van der Waals surface area contributed by atoms with Crippen LogP contribution >= 0.6 is 0 Å². The van der Waals surface area contributed by atoms with Crippen molar-refractivity contribution in [1.82, 2.24) is 9.55 Å². The van der Waals surface area contributed by atoms with Crippen LogP contribution in [0.3, 0.4) is 0 Å². The molecule has 5 nitrogen and oxygen atoms in total. The molecule has 0 aliphatic heterocycles. The van der Waals surface area contributed by atoms with Crippen molar-refractivity contribution in [1.29, 1.82) is 0 Å². The first-order chi connectivity index (χ1) is 16.2. The first-order valence-corrected chi connectivity index (χ1v) is 11.1. The number of imidazole rings is 1. The molecule has 1 heterocycles. The minimum Gasteiger partial charge on any atom is -0.406 e. The SMILES string of the molecule is CC1CC(n2c(Nc3ccc(OC(F)(F)F)cc3)nc3cc(OC(F)(F)F)ccc32)CC(C)(C)C1. The van der Waals surface area contributed by atoms with E-state index in [0.717, 1.165) is 19.3 Å². The van der Waals surface area contributed by atoms with Crippen molar-refractivity contribution in [3.8, 4) is 11.5 Å². The van der Waals surface area contributed by atoms with E-state index in [0.29, 0.717) is 28.6 Å². The highest BCUT2D eigenvalue weighted by Gasteiger charge is 2.35. The van der Waals surface area contributed by atoms with Crippen LogP contribution in [0.1, 0.15) is 46.1 Å². The van der Waals surface area contributed by atoms with Crippen LogP contribution in [0.5, 0.6) is 11.5 Å². The second-order valence-electron chi connectivity index (χ2n) is 9.77. The Morgan fingerprint density at radius 1 is 0.914 bits per heavy atom. The zero-order chi connectivity index (χ0) is 25.6. The fraction of sp³-hybridized carbons (Fsp3) is 0.458. The van der Waals surface area contributed by atoms with E-state index in [1.54, 1.807) is 6.07 Å². The third kappa shape index (κ3) is 6.32. The molecule has 11 heteroatoms. The van der Waals surface area contributed by atoms with E-state index in [2.05, 4.69) is 40.5 Å². The molecule has 2 unspecified atom stereocenters. The van der Waals surface area contributed by atoms with Crippen LogP contribution in [0.4, 0.5) is 38.0 Å². The molecule has 0 radical (unpaired) electrons. The van der Waals surface area contributed by atoms with Gasteiger partial charge in [-0.25, -0.2) is 4.98 Å². The number of fused-ring (bicyclic) bond motifs is 1. The molecular weight excluding hydrogens is 476 g/mol. The highest BCUT2D eigenvalue weighted by molar-refractivity contribution is 5.81. The van der Waals surface area contributed by atoms with Crippen molar-refractivity contribution in [3.63, 3.8) is 0 Å². The molecule has 2 aromatic carbocycles. The number of ether oxygens (including phenoxy) is 2. The van der Waals surface area contributed by atoms with Gasteiger partial charge in [0.1, 0.15) is 11.5 Å². The van der Waals surface area contributed by atoms with E-state index in [1.807, 2.05) is 4.57 Å². The quantitative estimate of drug-likeness (QED) is 0.360. The third-order valence-electron chi connectivity index (χ3n) is 5.97. The molecule has 1 aliphatic carbocycles. The number of anilines is 2. The average Bonchev–Trinajstić information content (AvgIpc) is 3.02. The van der Waals surface area contributed by atoms with Gasteiger partial charge in [-0.15, -0.1) is 26.3 Å². The Hall–Kier alpha value is -3.11. The molecule has 1 aromatic heterocycles. The maximum absolute atomic E-state index is 12.7. The molecule has 0 spiro atoms. The van der Waals surface area contributed by atoms with Crippen molar-refractivity contribution in [2.75, 3.05) is 5.32 Å². The predicted molar refractivity (Wildman–Crippen MR) is 119 cm³/mol. The molecule has 1 aliphatic rings. The molecule has 0 amide bonds. The van der Waals surface area contributed by atoms with E-state index in [1.165, 1.54) is 36.4 Å². The predicted octanol–water partition coefficient (Wildman–Crippen LogP) is 7.96. The Morgan fingerprint density at radius 2 is 1.51 bits per heavy atom. The summed E-state index contributed by atoms with van der Waals surface area (Å²) >= 11 is 0. The fourth-order valence-electron chi connectivity index (χ4n) is 5.09. The fourth-order valence-corrected chi connectivity index (χ4v) is 5.09. The van der Waals surface area contributed by atoms with Gasteiger partial charge < -0.3 is 19.4 Å². The minimum absolute atomic E-state index is 0.0171. The smallest absolute Gasteiger partial charge is 0.406 e. The maximum atomic E-state index is 12.7. The highest BCUT2D eigenvalue weighted by atomic mass is 19.4. The highest BCUT2D eigenvalue weighted by Crippen LogP contribution is 2.46. The van der Waals surface area contributed by atoms with Gasteiger partial charge in [0.2, 0.25) is 5.95 Å². The summed E-state index contributed by atoms with van der Waals surface area (Å²) < 4.78 is 85.5. The van der Waals surface area contributed by atoms with Crippen molar-refractivity contribution >= 4 is 22.7 Å². The summed E-state index contributed by atoms with van der Waals surface area (Å²) in [6, 6.07) is 9.20. The van der Waals surface area contributed by atoms with Crippen LogP contribution in [-0.2, 0) is 0 Å². The largest absolute Gasteiger partial charge is 0.573 e. The van der Waals surface area contributed by atoms with E-state index >= 15 is 0 Å². The number of nitrogens with zero attached hydrogens (tertiary/aromatic N) is 2. The number of nitrogens with one attached hydrogen (secondary N) is 1. The number of hydrogen-bond acceptors (Lipinski definition) is 4. The average molecular weight is 501 g/mol.